The summed E-state index contributed by atoms with van der Waals surface area (Å²) in [5, 5.41) is 7.64. The fraction of sp³-hybridized carbons (Fsp3) is 0.800. The maximum absolute atomic E-state index is 14.9. The number of fused-ring (bicyclic) bond motifs is 1. The summed E-state index contributed by atoms with van der Waals surface area (Å²) in [5.74, 6) is -4.82. The van der Waals surface area contributed by atoms with Crippen molar-refractivity contribution in [2.24, 2.45) is 5.92 Å². The number of alkyl halides is 2. The van der Waals surface area contributed by atoms with Crippen LogP contribution in [0.4, 0.5) is 8.78 Å². The number of rotatable bonds is 4. The maximum Gasteiger partial charge on any atom is 0.306 e. The van der Waals surface area contributed by atoms with Gasteiger partial charge in [-0.2, -0.15) is 8.78 Å². The van der Waals surface area contributed by atoms with E-state index < -0.39 is 17.8 Å². The molecule has 0 amide bonds. The van der Waals surface area contributed by atoms with Gasteiger partial charge in [0.25, 0.3) is 5.92 Å². The quantitative estimate of drug-likeness (QED) is 0.800. The SMILES string of the molecule is CCOC(=O)CC1CCCCc2c(nnn2C(C)C)C1(F)F. The molecule has 0 saturated carbocycles. The summed E-state index contributed by atoms with van der Waals surface area (Å²) in [7, 11) is 0. The molecular weight excluding hydrogens is 292 g/mol. The number of aromatic nitrogens is 3. The largest absolute Gasteiger partial charge is 0.466 e. The van der Waals surface area contributed by atoms with Crippen molar-refractivity contribution >= 4 is 5.97 Å². The lowest BCUT2D eigenvalue weighted by atomic mass is 9.86. The Morgan fingerprint density at radius 2 is 2.18 bits per heavy atom. The molecule has 5 nitrogen and oxygen atoms in total. The number of hydrogen-bond acceptors (Lipinski definition) is 4. The summed E-state index contributed by atoms with van der Waals surface area (Å²) in [6.07, 6.45) is 2.00. The van der Waals surface area contributed by atoms with Crippen molar-refractivity contribution in [3.8, 4) is 0 Å². The molecule has 1 heterocycles. The van der Waals surface area contributed by atoms with Crippen LogP contribution in [0.5, 0.6) is 0 Å². The van der Waals surface area contributed by atoms with Crippen molar-refractivity contribution in [1.82, 2.24) is 15.0 Å². The van der Waals surface area contributed by atoms with Crippen LogP contribution in [0.1, 0.15) is 63.9 Å². The van der Waals surface area contributed by atoms with Crippen LogP contribution in [0.2, 0.25) is 0 Å². The minimum absolute atomic E-state index is 0.0185. The third-order valence-electron chi connectivity index (χ3n) is 4.04. The molecule has 0 radical (unpaired) electrons. The Balaban J connectivity index is 2.33. The van der Waals surface area contributed by atoms with Gasteiger partial charge in [0.15, 0.2) is 5.69 Å². The number of carbonyl (C=O) groups excluding carboxylic acids is 1. The Morgan fingerprint density at radius 3 is 2.82 bits per heavy atom. The van der Waals surface area contributed by atoms with E-state index in [0.29, 0.717) is 25.0 Å². The van der Waals surface area contributed by atoms with E-state index >= 15 is 0 Å². The second kappa shape index (κ2) is 6.71. The van der Waals surface area contributed by atoms with Gasteiger partial charge < -0.3 is 4.74 Å². The van der Waals surface area contributed by atoms with E-state index in [1.165, 1.54) is 0 Å². The number of halogens is 2. The first kappa shape index (κ1) is 16.8. The fourth-order valence-corrected chi connectivity index (χ4v) is 2.93. The monoisotopic (exact) mass is 315 g/mol. The molecule has 0 fully saturated rings. The van der Waals surface area contributed by atoms with Crippen LogP contribution in [-0.4, -0.2) is 27.6 Å². The number of hydrogen-bond donors (Lipinski definition) is 0. The molecule has 124 valence electrons. The van der Waals surface area contributed by atoms with E-state index in [4.69, 9.17) is 4.74 Å². The standard InChI is InChI=1S/C15H23F2N3O2/c1-4-22-13(21)9-11-7-5-6-8-12-14(15(11,16)17)18-19-20(12)10(2)3/h10-11H,4-9H2,1-3H3. The van der Waals surface area contributed by atoms with Crippen LogP contribution in [0.15, 0.2) is 0 Å². The lowest BCUT2D eigenvalue weighted by Crippen LogP contribution is -2.31. The molecular formula is C15H23F2N3O2. The lowest BCUT2D eigenvalue weighted by molar-refractivity contribution is -0.150. The van der Waals surface area contributed by atoms with Crippen LogP contribution >= 0.6 is 0 Å². The number of nitrogens with zero attached hydrogens (tertiary/aromatic N) is 3. The Labute approximate surface area is 129 Å². The number of esters is 1. The normalized spacial score (nSPS) is 21.1. The van der Waals surface area contributed by atoms with E-state index in [1.54, 1.807) is 11.6 Å². The van der Waals surface area contributed by atoms with Gasteiger partial charge in [-0.05, 0) is 40.0 Å². The lowest BCUT2D eigenvalue weighted by Gasteiger charge is -2.27. The molecule has 0 saturated heterocycles. The van der Waals surface area contributed by atoms with Gasteiger partial charge in [-0.3, -0.25) is 4.79 Å². The molecule has 1 aromatic rings. The van der Waals surface area contributed by atoms with Crippen LogP contribution in [-0.2, 0) is 21.9 Å². The molecule has 1 atom stereocenters. The highest BCUT2D eigenvalue weighted by atomic mass is 19.3. The zero-order chi connectivity index (χ0) is 16.3. The van der Waals surface area contributed by atoms with Crippen LogP contribution < -0.4 is 0 Å². The summed E-state index contributed by atoms with van der Waals surface area (Å²) >= 11 is 0. The molecule has 1 aromatic heterocycles. The minimum Gasteiger partial charge on any atom is -0.466 e. The first-order valence-corrected chi connectivity index (χ1v) is 7.85. The summed E-state index contributed by atoms with van der Waals surface area (Å²) < 4.78 is 36.1. The van der Waals surface area contributed by atoms with Gasteiger partial charge in [0.1, 0.15) is 0 Å². The topological polar surface area (TPSA) is 57.0 Å². The van der Waals surface area contributed by atoms with E-state index in [9.17, 15) is 13.6 Å². The highest BCUT2D eigenvalue weighted by molar-refractivity contribution is 5.69. The third kappa shape index (κ3) is 3.28. The summed E-state index contributed by atoms with van der Waals surface area (Å²) in [5.41, 5.74) is 0.226. The minimum atomic E-state index is -3.16. The zero-order valence-corrected chi connectivity index (χ0v) is 13.3. The van der Waals surface area contributed by atoms with Gasteiger partial charge >= 0.3 is 5.97 Å². The van der Waals surface area contributed by atoms with Gasteiger partial charge in [0.05, 0.1) is 18.7 Å². The summed E-state index contributed by atoms with van der Waals surface area (Å²) in [6.45, 7) is 5.65. The second-order valence-corrected chi connectivity index (χ2v) is 6.00. The molecule has 0 aliphatic heterocycles. The summed E-state index contributed by atoms with van der Waals surface area (Å²) in [4.78, 5) is 11.6. The average Bonchev–Trinajstić information content (AvgIpc) is 2.85. The molecule has 0 N–H and O–H groups in total. The molecule has 1 aliphatic rings. The van der Waals surface area contributed by atoms with Gasteiger partial charge in [-0.25, -0.2) is 4.68 Å². The molecule has 7 heteroatoms. The van der Waals surface area contributed by atoms with Crippen molar-refractivity contribution in [3.05, 3.63) is 11.4 Å². The molecule has 0 spiro atoms. The van der Waals surface area contributed by atoms with Gasteiger partial charge in [0.2, 0.25) is 0 Å². The smallest absolute Gasteiger partial charge is 0.306 e. The molecule has 0 aromatic carbocycles. The van der Waals surface area contributed by atoms with E-state index in [2.05, 4.69) is 10.3 Å². The Hall–Kier alpha value is -1.53. The number of ether oxygens (including phenoxy) is 1. The fourth-order valence-electron chi connectivity index (χ4n) is 2.93. The van der Waals surface area contributed by atoms with Crippen molar-refractivity contribution in [1.29, 1.82) is 0 Å². The summed E-state index contributed by atoms with van der Waals surface area (Å²) in [6, 6.07) is -0.0185. The van der Waals surface area contributed by atoms with Crippen molar-refractivity contribution in [3.63, 3.8) is 0 Å². The van der Waals surface area contributed by atoms with Crippen molar-refractivity contribution in [2.45, 2.75) is 64.8 Å². The van der Waals surface area contributed by atoms with Crippen LogP contribution in [0.3, 0.4) is 0 Å². The molecule has 22 heavy (non-hydrogen) atoms. The Kier molecular flexibility index (Phi) is 5.13. The second-order valence-electron chi connectivity index (χ2n) is 6.00. The van der Waals surface area contributed by atoms with E-state index in [0.717, 1.165) is 6.42 Å². The predicted molar refractivity (Wildman–Crippen MR) is 76.6 cm³/mol. The van der Waals surface area contributed by atoms with E-state index in [1.807, 2.05) is 13.8 Å². The molecule has 1 unspecified atom stereocenters. The van der Waals surface area contributed by atoms with Gasteiger partial charge in [0, 0.05) is 12.0 Å². The van der Waals surface area contributed by atoms with E-state index in [-0.39, 0.29) is 24.8 Å². The van der Waals surface area contributed by atoms with Crippen molar-refractivity contribution in [2.75, 3.05) is 6.61 Å². The highest BCUT2D eigenvalue weighted by Gasteiger charge is 2.47. The average molecular weight is 315 g/mol. The van der Waals surface area contributed by atoms with Crippen LogP contribution in [0.25, 0.3) is 0 Å². The first-order chi connectivity index (χ1) is 10.4. The molecule has 1 aliphatic carbocycles. The first-order valence-electron chi connectivity index (χ1n) is 7.85. The Bertz CT molecular complexity index is 529. The Morgan fingerprint density at radius 1 is 1.45 bits per heavy atom. The van der Waals surface area contributed by atoms with Crippen LogP contribution in [0, 0.1) is 5.92 Å². The maximum atomic E-state index is 14.9. The zero-order valence-electron chi connectivity index (χ0n) is 13.3. The predicted octanol–water partition coefficient (Wildman–Crippen LogP) is 3.25. The van der Waals surface area contributed by atoms with Gasteiger partial charge in [-0.15, -0.1) is 5.10 Å². The highest BCUT2D eigenvalue weighted by Crippen LogP contribution is 2.43. The third-order valence-corrected chi connectivity index (χ3v) is 4.04. The molecule has 2 rings (SSSR count). The van der Waals surface area contributed by atoms with Crippen molar-refractivity contribution < 1.29 is 18.3 Å². The number of carbonyl (C=O) groups is 1. The van der Waals surface area contributed by atoms with Gasteiger partial charge in [-0.1, -0.05) is 11.6 Å². The molecule has 0 bridgehead atoms.